The number of pyridine rings is 1. The molecule has 1 aromatic carbocycles. The van der Waals surface area contributed by atoms with E-state index in [1.54, 1.807) is 18.2 Å². The van der Waals surface area contributed by atoms with Crippen molar-refractivity contribution in [3.05, 3.63) is 58.1 Å². The second-order valence-corrected chi connectivity index (χ2v) is 5.93. The number of carbonyl (C=O) groups excluding carboxylic acids is 1. The van der Waals surface area contributed by atoms with Crippen molar-refractivity contribution in [1.82, 2.24) is 14.5 Å². The highest BCUT2D eigenvalue weighted by atomic mass is 35.5. The van der Waals surface area contributed by atoms with Crippen molar-refractivity contribution in [1.29, 1.82) is 0 Å². The molecule has 0 N–H and O–H groups in total. The Morgan fingerprint density at radius 1 is 1.16 bits per heavy atom. The Morgan fingerprint density at radius 2 is 1.80 bits per heavy atom. The maximum absolute atomic E-state index is 13.5. The predicted octanol–water partition coefficient (Wildman–Crippen LogP) is 5.05. The van der Waals surface area contributed by atoms with Gasteiger partial charge in [-0.05, 0) is 31.2 Å². The van der Waals surface area contributed by atoms with Crippen LogP contribution in [0.1, 0.15) is 35.8 Å². The largest absolute Gasteiger partial charge is 0.451 e. The van der Waals surface area contributed by atoms with Crippen LogP contribution in [-0.4, -0.2) is 20.5 Å². The van der Waals surface area contributed by atoms with Crippen molar-refractivity contribution in [3.63, 3.8) is 0 Å². The number of imidazole rings is 1. The molecule has 130 valence electrons. The number of hydrogen-bond acceptors (Lipinski definition) is 4. The zero-order chi connectivity index (χ0) is 18.1. The van der Waals surface area contributed by atoms with E-state index in [-0.39, 0.29) is 27.2 Å². The van der Waals surface area contributed by atoms with Crippen LogP contribution in [0, 0.1) is 0 Å². The van der Waals surface area contributed by atoms with Gasteiger partial charge in [0.25, 0.3) is 0 Å². The van der Waals surface area contributed by atoms with E-state index >= 15 is 0 Å². The maximum Gasteiger partial charge on any atom is 0.339 e. The molecular formula is C16H11Cl2F2N3O2. The third-order valence-corrected chi connectivity index (χ3v) is 3.85. The number of hydrogen-bond donors (Lipinski definition) is 0. The number of fused-ring (bicyclic) bond motifs is 1. The van der Waals surface area contributed by atoms with E-state index in [0.29, 0.717) is 5.52 Å². The van der Waals surface area contributed by atoms with Gasteiger partial charge in [0, 0.05) is 0 Å². The fourth-order valence-electron chi connectivity index (χ4n) is 2.42. The molecule has 0 bridgehead atoms. The molecule has 0 saturated carbocycles. The third kappa shape index (κ3) is 3.57. The molecule has 0 amide bonds. The molecule has 2 heterocycles. The van der Waals surface area contributed by atoms with Gasteiger partial charge in [0.15, 0.2) is 11.9 Å². The third-order valence-electron chi connectivity index (χ3n) is 3.46. The molecule has 1 atom stereocenters. The molecule has 1 unspecified atom stereocenters. The summed E-state index contributed by atoms with van der Waals surface area (Å²) in [4.78, 5) is 20.1. The number of benzene rings is 1. The maximum atomic E-state index is 13.5. The van der Waals surface area contributed by atoms with Gasteiger partial charge < -0.3 is 4.74 Å². The Hall–Kier alpha value is -2.25. The first kappa shape index (κ1) is 17.6. The number of rotatable bonds is 4. The van der Waals surface area contributed by atoms with Crippen molar-refractivity contribution in [3.8, 4) is 0 Å². The summed E-state index contributed by atoms with van der Waals surface area (Å²) >= 11 is 11.5. The molecule has 0 aliphatic heterocycles. The van der Waals surface area contributed by atoms with Crippen LogP contribution in [0.25, 0.3) is 11.0 Å². The fourth-order valence-corrected chi connectivity index (χ4v) is 2.88. The van der Waals surface area contributed by atoms with Gasteiger partial charge in [-0.25, -0.2) is 14.8 Å². The highest BCUT2D eigenvalue weighted by Crippen LogP contribution is 2.29. The van der Waals surface area contributed by atoms with Crippen LogP contribution < -0.4 is 0 Å². The Morgan fingerprint density at radius 3 is 2.44 bits per heavy atom. The number of para-hydroxylation sites is 2. The van der Waals surface area contributed by atoms with E-state index in [0.717, 1.165) is 4.57 Å². The normalized spacial score (nSPS) is 12.6. The Kier molecular flexibility index (Phi) is 4.87. The molecule has 9 heteroatoms. The molecule has 25 heavy (non-hydrogen) atoms. The van der Waals surface area contributed by atoms with Crippen LogP contribution >= 0.6 is 23.2 Å². The predicted molar refractivity (Wildman–Crippen MR) is 89.1 cm³/mol. The standard InChI is InChI=1S/C16H11Cl2F2N3O2/c1-8(25-15(24)9-6-12(17)22-13(18)7-9)14-21-10-4-2-3-5-11(10)23(14)16(19)20/h2-8,16H,1H3. The van der Waals surface area contributed by atoms with Crippen LogP contribution in [0.3, 0.4) is 0 Å². The van der Waals surface area contributed by atoms with Crippen LogP contribution in [-0.2, 0) is 4.74 Å². The first-order valence-corrected chi connectivity index (χ1v) is 7.91. The summed E-state index contributed by atoms with van der Waals surface area (Å²) in [5.41, 5.74) is 0.706. The smallest absolute Gasteiger partial charge is 0.339 e. The molecule has 0 spiro atoms. The number of halogens is 4. The van der Waals surface area contributed by atoms with E-state index in [2.05, 4.69) is 9.97 Å². The average molecular weight is 386 g/mol. The lowest BCUT2D eigenvalue weighted by atomic mass is 10.2. The van der Waals surface area contributed by atoms with Gasteiger partial charge in [0.2, 0.25) is 0 Å². The number of esters is 1. The zero-order valence-electron chi connectivity index (χ0n) is 12.8. The molecule has 0 aliphatic carbocycles. The van der Waals surface area contributed by atoms with Gasteiger partial charge >= 0.3 is 12.5 Å². The number of aromatic nitrogens is 3. The van der Waals surface area contributed by atoms with E-state index in [9.17, 15) is 13.6 Å². The SMILES string of the molecule is CC(OC(=O)c1cc(Cl)nc(Cl)c1)c1nc2ccccc2n1C(F)F. The molecule has 0 saturated heterocycles. The van der Waals surface area contributed by atoms with Crippen LogP contribution in [0.4, 0.5) is 8.78 Å². The van der Waals surface area contributed by atoms with Crippen molar-refractivity contribution < 1.29 is 18.3 Å². The van der Waals surface area contributed by atoms with E-state index in [1.165, 1.54) is 25.1 Å². The van der Waals surface area contributed by atoms with Gasteiger partial charge in [0.05, 0.1) is 16.6 Å². The van der Waals surface area contributed by atoms with Crippen LogP contribution in [0.5, 0.6) is 0 Å². The van der Waals surface area contributed by atoms with Gasteiger partial charge in [-0.1, -0.05) is 35.3 Å². The van der Waals surface area contributed by atoms with Crippen molar-refractivity contribution in [2.75, 3.05) is 0 Å². The average Bonchev–Trinajstić information content (AvgIpc) is 2.93. The summed E-state index contributed by atoms with van der Waals surface area (Å²) in [7, 11) is 0. The summed E-state index contributed by atoms with van der Waals surface area (Å²) in [6, 6.07) is 9.00. The number of alkyl halides is 2. The summed E-state index contributed by atoms with van der Waals surface area (Å²) in [5, 5.41) is 0.0406. The van der Waals surface area contributed by atoms with Crippen molar-refractivity contribution in [2.24, 2.45) is 0 Å². The highest BCUT2D eigenvalue weighted by Gasteiger charge is 2.25. The van der Waals surface area contributed by atoms with Gasteiger partial charge in [-0.3, -0.25) is 4.57 Å². The summed E-state index contributed by atoms with van der Waals surface area (Å²) in [5.74, 6) is -0.831. The van der Waals surface area contributed by atoms with E-state index in [4.69, 9.17) is 27.9 Å². The molecule has 2 aromatic heterocycles. The summed E-state index contributed by atoms with van der Waals surface area (Å²) in [6.45, 7) is -1.36. The lowest BCUT2D eigenvalue weighted by molar-refractivity contribution is 0.0233. The second kappa shape index (κ2) is 6.93. The first-order chi connectivity index (χ1) is 11.9. The van der Waals surface area contributed by atoms with Crippen molar-refractivity contribution >= 4 is 40.2 Å². The molecule has 5 nitrogen and oxygen atoms in total. The first-order valence-electron chi connectivity index (χ1n) is 7.16. The minimum absolute atomic E-state index is 0.0203. The van der Waals surface area contributed by atoms with Gasteiger partial charge in [-0.2, -0.15) is 8.78 Å². The van der Waals surface area contributed by atoms with Crippen molar-refractivity contribution in [2.45, 2.75) is 19.6 Å². The molecule has 0 radical (unpaired) electrons. The second-order valence-electron chi connectivity index (χ2n) is 5.16. The number of carbonyl (C=O) groups is 1. The quantitative estimate of drug-likeness (QED) is 0.465. The zero-order valence-corrected chi connectivity index (χ0v) is 14.3. The Bertz CT molecular complexity index is 926. The Labute approximate surface area is 151 Å². The monoisotopic (exact) mass is 385 g/mol. The minimum atomic E-state index is -2.83. The van der Waals surface area contributed by atoms with E-state index < -0.39 is 18.6 Å². The summed E-state index contributed by atoms with van der Waals surface area (Å²) in [6.07, 6.45) is -1.01. The van der Waals surface area contributed by atoms with Crippen LogP contribution in [0.2, 0.25) is 10.3 Å². The van der Waals surface area contributed by atoms with Gasteiger partial charge in [-0.15, -0.1) is 0 Å². The lowest BCUT2D eigenvalue weighted by Gasteiger charge is -2.15. The molecular weight excluding hydrogens is 375 g/mol. The highest BCUT2D eigenvalue weighted by molar-refractivity contribution is 6.32. The van der Waals surface area contributed by atoms with Gasteiger partial charge in [0.1, 0.15) is 10.3 Å². The fraction of sp³-hybridized carbons (Fsp3) is 0.188. The lowest BCUT2D eigenvalue weighted by Crippen LogP contribution is -2.14. The number of ether oxygens (including phenoxy) is 1. The topological polar surface area (TPSA) is 57.0 Å². The molecule has 3 aromatic rings. The number of nitrogens with zero attached hydrogens (tertiary/aromatic N) is 3. The minimum Gasteiger partial charge on any atom is -0.451 e. The van der Waals surface area contributed by atoms with Crippen LogP contribution in [0.15, 0.2) is 36.4 Å². The summed E-state index contributed by atoms with van der Waals surface area (Å²) < 4.78 is 32.9. The molecule has 3 rings (SSSR count). The van der Waals surface area contributed by atoms with E-state index in [1.807, 2.05) is 0 Å². The molecule has 0 fully saturated rings. The molecule has 0 aliphatic rings. The Balaban J connectivity index is 1.93.